The van der Waals surface area contributed by atoms with Crippen LogP contribution in [-0.4, -0.2) is 47.4 Å². The Labute approximate surface area is 166 Å². The molecule has 1 aliphatic carbocycles. The lowest BCUT2D eigenvalue weighted by Gasteiger charge is -2.27. The SMILES string of the molecule is COCCc1cc(NC(=O)[C@@]23CCC[C@@H]2CN(Cc2ccccc2)C3)n(C)n1. The minimum Gasteiger partial charge on any atom is -0.384 e. The van der Waals surface area contributed by atoms with Crippen molar-refractivity contribution < 1.29 is 9.53 Å². The Bertz CT molecular complexity index is 819. The summed E-state index contributed by atoms with van der Waals surface area (Å²) >= 11 is 0. The Morgan fingerprint density at radius 3 is 2.96 bits per heavy atom. The van der Waals surface area contributed by atoms with E-state index in [-0.39, 0.29) is 11.3 Å². The summed E-state index contributed by atoms with van der Waals surface area (Å²) in [6.45, 7) is 3.39. The number of ether oxygens (including phenoxy) is 1. The van der Waals surface area contributed by atoms with Crippen molar-refractivity contribution in [3.63, 3.8) is 0 Å². The van der Waals surface area contributed by atoms with Crippen LogP contribution in [0, 0.1) is 11.3 Å². The van der Waals surface area contributed by atoms with Gasteiger partial charge < -0.3 is 10.1 Å². The maximum absolute atomic E-state index is 13.4. The van der Waals surface area contributed by atoms with Crippen molar-refractivity contribution in [2.24, 2.45) is 18.4 Å². The van der Waals surface area contributed by atoms with Crippen LogP contribution in [0.4, 0.5) is 5.82 Å². The van der Waals surface area contributed by atoms with Crippen molar-refractivity contribution in [2.75, 3.05) is 32.1 Å². The lowest BCUT2D eigenvalue weighted by atomic mass is 9.80. The third kappa shape index (κ3) is 3.71. The van der Waals surface area contributed by atoms with Gasteiger partial charge in [-0.1, -0.05) is 36.8 Å². The summed E-state index contributed by atoms with van der Waals surface area (Å²) in [5.41, 5.74) is 1.98. The van der Waals surface area contributed by atoms with Crippen molar-refractivity contribution in [2.45, 2.75) is 32.2 Å². The van der Waals surface area contributed by atoms with Crippen molar-refractivity contribution >= 4 is 11.7 Å². The van der Waals surface area contributed by atoms with Gasteiger partial charge in [-0.25, -0.2) is 0 Å². The van der Waals surface area contributed by atoms with E-state index >= 15 is 0 Å². The smallest absolute Gasteiger partial charge is 0.233 e. The fourth-order valence-electron chi connectivity index (χ4n) is 4.94. The zero-order valence-electron chi connectivity index (χ0n) is 16.9. The van der Waals surface area contributed by atoms with Gasteiger partial charge in [0.25, 0.3) is 0 Å². The number of amides is 1. The quantitative estimate of drug-likeness (QED) is 0.800. The summed E-state index contributed by atoms with van der Waals surface area (Å²) in [4.78, 5) is 15.8. The van der Waals surface area contributed by atoms with Crippen LogP contribution >= 0.6 is 0 Å². The molecule has 1 N–H and O–H groups in total. The highest BCUT2D eigenvalue weighted by Crippen LogP contribution is 2.49. The number of carbonyl (C=O) groups is 1. The van der Waals surface area contributed by atoms with Gasteiger partial charge in [0, 0.05) is 46.3 Å². The number of rotatable bonds is 7. The van der Waals surface area contributed by atoms with E-state index in [4.69, 9.17) is 4.74 Å². The number of likely N-dealkylation sites (tertiary alicyclic amines) is 1. The van der Waals surface area contributed by atoms with Gasteiger partial charge in [-0.2, -0.15) is 5.10 Å². The second-order valence-corrected chi connectivity index (χ2v) is 8.24. The molecular formula is C22H30N4O2. The highest BCUT2D eigenvalue weighted by molar-refractivity contribution is 5.95. The minimum absolute atomic E-state index is 0.159. The number of benzene rings is 1. The number of hydrogen-bond donors (Lipinski definition) is 1. The third-order valence-corrected chi connectivity index (χ3v) is 6.38. The van der Waals surface area contributed by atoms with Gasteiger partial charge in [-0.05, 0) is 24.3 Å². The van der Waals surface area contributed by atoms with E-state index in [1.54, 1.807) is 11.8 Å². The largest absolute Gasteiger partial charge is 0.384 e. The molecule has 2 atom stereocenters. The van der Waals surface area contributed by atoms with Crippen LogP contribution in [0.5, 0.6) is 0 Å². The number of aromatic nitrogens is 2. The summed E-state index contributed by atoms with van der Waals surface area (Å²) < 4.78 is 6.90. The molecule has 6 heteroatoms. The van der Waals surface area contributed by atoms with Crippen molar-refractivity contribution in [3.05, 3.63) is 47.7 Å². The minimum atomic E-state index is -0.272. The molecule has 0 unspecified atom stereocenters. The number of carbonyl (C=O) groups excluding carboxylic acids is 1. The van der Waals surface area contributed by atoms with E-state index < -0.39 is 0 Å². The van der Waals surface area contributed by atoms with E-state index in [1.807, 2.05) is 19.2 Å². The maximum atomic E-state index is 13.4. The monoisotopic (exact) mass is 382 g/mol. The number of aryl methyl sites for hydroxylation is 1. The molecule has 1 saturated heterocycles. The second-order valence-electron chi connectivity index (χ2n) is 8.24. The summed E-state index contributed by atoms with van der Waals surface area (Å²) in [5, 5.41) is 7.68. The molecule has 0 radical (unpaired) electrons. The molecule has 2 aliphatic rings. The third-order valence-electron chi connectivity index (χ3n) is 6.38. The normalized spacial score (nSPS) is 24.4. The lowest BCUT2D eigenvalue weighted by molar-refractivity contribution is -0.126. The average Bonchev–Trinajstić information content (AvgIpc) is 3.34. The molecule has 2 heterocycles. The Hall–Kier alpha value is -2.18. The first kappa shape index (κ1) is 19.2. The van der Waals surface area contributed by atoms with Crippen molar-refractivity contribution in [3.8, 4) is 0 Å². The van der Waals surface area contributed by atoms with Crippen LogP contribution in [0.15, 0.2) is 36.4 Å². The Morgan fingerprint density at radius 1 is 1.36 bits per heavy atom. The highest BCUT2D eigenvalue weighted by Gasteiger charge is 2.54. The molecule has 2 fully saturated rings. The molecule has 1 aliphatic heterocycles. The molecule has 1 saturated carbocycles. The highest BCUT2D eigenvalue weighted by atomic mass is 16.5. The van der Waals surface area contributed by atoms with E-state index in [9.17, 15) is 4.79 Å². The predicted molar refractivity (Wildman–Crippen MR) is 109 cm³/mol. The van der Waals surface area contributed by atoms with E-state index in [1.165, 1.54) is 5.56 Å². The van der Waals surface area contributed by atoms with Crippen LogP contribution in [0.3, 0.4) is 0 Å². The zero-order valence-corrected chi connectivity index (χ0v) is 16.9. The first-order chi connectivity index (χ1) is 13.6. The summed E-state index contributed by atoms with van der Waals surface area (Å²) in [5.74, 6) is 1.38. The zero-order chi connectivity index (χ0) is 19.6. The van der Waals surface area contributed by atoms with Gasteiger partial charge in [0.15, 0.2) is 0 Å². The Kier molecular flexibility index (Phi) is 5.51. The van der Waals surface area contributed by atoms with Gasteiger partial charge in [-0.3, -0.25) is 14.4 Å². The molecular weight excluding hydrogens is 352 g/mol. The first-order valence-electron chi connectivity index (χ1n) is 10.2. The average molecular weight is 383 g/mol. The summed E-state index contributed by atoms with van der Waals surface area (Å²) in [7, 11) is 3.57. The fourth-order valence-corrected chi connectivity index (χ4v) is 4.94. The molecule has 4 rings (SSSR count). The standard InChI is InChI=1S/C22H30N4O2/c1-25-20(13-19(24-25)10-12-28-2)23-21(27)22-11-6-9-18(22)15-26(16-22)14-17-7-4-3-5-8-17/h3-5,7-8,13,18H,6,9-12,14-16H2,1-2H3,(H,23,27)/t18-,22-/m1/s1. The number of anilines is 1. The maximum Gasteiger partial charge on any atom is 0.233 e. The second kappa shape index (κ2) is 8.05. The Morgan fingerprint density at radius 2 is 2.18 bits per heavy atom. The molecule has 1 aromatic heterocycles. The molecule has 150 valence electrons. The van der Waals surface area contributed by atoms with Crippen molar-refractivity contribution in [1.29, 1.82) is 0 Å². The predicted octanol–water partition coefficient (Wildman–Crippen LogP) is 2.85. The van der Waals surface area contributed by atoms with Crippen LogP contribution in [0.1, 0.15) is 30.5 Å². The fraction of sp³-hybridized carbons (Fsp3) is 0.545. The number of methoxy groups -OCH3 is 1. The molecule has 0 bridgehead atoms. The summed E-state index contributed by atoms with van der Waals surface area (Å²) in [6, 6.07) is 12.5. The molecule has 28 heavy (non-hydrogen) atoms. The van der Waals surface area contributed by atoms with Crippen LogP contribution < -0.4 is 5.32 Å². The van der Waals surface area contributed by atoms with E-state index in [0.29, 0.717) is 12.5 Å². The number of hydrogen-bond acceptors (Lipinski definition) is 4. The van der Waals surface area contributed by atoms with Crippen LogP contribution in [0.25, 0.3) is 0 Å². The van der Waals surface area contributed by atoms with Crippen LogP contribution in [0.2, 0.25) is 0 Å². The van der Waals surface area contributed by atoms with Gasteiger partial charge >= 0.3 is 0 Å². The molecule has 6 nitrogen and oxygen atoms in total. The number of nitrogens with zero attached hydrogens (tertiary/aromatic N) is 3. The van der Waals surface area contributed by atoms with Gasteiger partial charge in [-0.15, -0.1) is 0 Å². The van der Waals surface area contributed by atoms with Crippen LogP contribution in [-0.2, 0) is 29.5 Å². The first-order valence-corrected chi connectivity index (χ1v) is 10.2. The molecule has 2 aromatic rings. The molecule has 0 spiro atoms. The van der Waals surface area contributed by atoms with Gasteiger partial charge in [0.2, 0.25) is 5.91 Å². The summed E-state index contributed by atoms with van der Waals surface area (Å²) in [6.07, 6.45) is 4.01. The number of nitrogens with one attached hydrogen (secondary N) is 1. The number of fused-ring (bicyclic) bond motifs is 1. The molecule has 1 aromatic carbocycles. The topological polar surface area (TPSA) is 59.4 Å². The van der Waals surface area contributed by atoms with Gasteiger partial charge in [0.1, 0.15) is 5.82 Å². The van der Waals surface area contributed by atoms with E-state index in [0.717, 1.165) is 56.8 Å². The van der Waals surface area contributed by atoms with Crippen molar-refractivity contribution in [1.82, 2.24) is 14.7 Å². The molecule has 1 amide bonds. The van der Waals surface area contributed by atoms with Gasteiger partial charge in [0.05, 0.1) is 17.7 Å². The Balaban J connectivity index is 1.46. The lowest BCUT2D eigenvalue weighted by Crippen LogP contribution is -2.40. The van der Waals surface area contributed by atoms with E-state index in [2.05, 4.69) is 39.6 Å².